The van der Waals surface area contributed by atoms with Crippen LogP contribution < -0.4 is 10.5 Å². The van der Waals surface area contributed by atoms with Gasteiger partial charge in [-0.3, -0.25) is 9.59 Å². The molecule has 0 saturated carbocycles. The summed E-state index contributed by atoms with van der Waals surface area (Å²) in [5.41, 5.74) is 9.61. The molecule has 36 heavy (non-hydrogen) atoms. The van der Waals surface area contributed by atoms with E-state index in [1.54, 1.807) is 37.3 Å². The number of benzene rings is 4. The number of pyridine rings is 1. The van der Waals surface area contributed by atoms with Crippen molar-refractivity contribution in [1.29, 1.82) is 0 Å². The molecule has 0 aliphatic rings. The Balaban J connectivity index is 1.53. The molecule has 2 N–H and O–H groups in total. The maximum Gasteiger partial charge on any atom is 0.254 e. The van der Waals surface area contributed by atoms with E-state index in [1.807, 2.05) is 66.7 Å². The minimum absolute atomic E-state index is 0.134. The van der Waals surface area contributed by atoms with Crippen LogP contribution in [-0.4, -0.2) is 35.9 Å². The van der Waals surface area contributed by atoms with Gasteiger partial charge in [0, 0.05) is 30.1 Å². The number of carbonyl (C=O) groups excluding carboxylic acids is 2. The zero-order valence-electron chi connectivity index (χ0n) is 20.1. The van der Waals surface area contributed by atoms with Crippen LogP contribution in [0.15, 0.2) is 91.0 Å². The first-order valence-corrected chi connectivity index (χ1v) is 11.5. The predicted octanol–water partition coefficient (Wildman–Crippen LogP) is 5.43. The Morgan fingerprint density at radius 2 is 1.67 bits per heavy atom. The summed E-state index contributed by atoms with van der Waals surface area (Å²) in [6, 6.07) is 28.5. The van der Waals surface area contributed by atoms with Crippen LogP contribution >= 0.6 is 0 Å². The summed E-state index contributed by atoms with van der Waals surface area (Å²) >= 11 is 0. The SMILES string of the molecule is COc1ccc2cc(-c3cc(C(=O)N(C)Cc4cccc(C(N)=O)c4)c4ccccc4n3)ccc2c1. The van der Waals surface area contributed by atoms with Crippen LogP contribution in [0.2, 0.25) is 0 Å². The monoisotopic (exact) mass is 475 g/mol. The van der Waals surface area contributed by atoms with Crippen LogP contribution in [0.5, 0.6) is 5.75 Å². The molecular formula is C30H25N3O3. The maximum absolute atomic E-state index is 13.6. The van der Waals surface area contributed by atoms with Gasteiger partial charge in [0.05, 0.1) is 23.9 Å². The van der Waals surface area contributed by atoms with Crippen molar-refractivity contribution >= 4 is 33.5 Å². The van der Waals surface area contributed by atoms with Gasteiger partial charge in [0.25, 0.3) is 5.91 Å². The zero-order valence-corrected chi connectivity index (χ0v) is 20.1. The molecule has 0 fully saturated rings. The van der Waals surface area contributed by atoms with Gasteiger partial charge in [-0.2, -0.15) is 0 Å². The third-order valence-corrected chi connectivity index (χ3v) is 6.27. The molecule has 0 radical (unpaired) electrons. The first-order valence-electron chi connectivity index (χ1n) is 11.5. The Bertz CT molecular complexity index is 1630. The lowest BCUT2D eigenvalue weighted by Crippen LogP contribution is -2.26. The topological polar surface area (TPSA) is 85.5 Å². The van der Waals surface area contributed by atoms with Crippen LogP contribution in [-0.2, 0) is 6.54 Å². The molecule has 0 bridgehead atoms. The normalized spacial score (nSPS) is 10.9. The van der Waals surface area contributed by atoms with E-state index < -0.39 is 5.91 Å². The Morgan fingerprint density at radius 1 is 0.889 bits per heavy atom. The van der Waals surface area contributed by atoms with Crippen molar-refractivity contribution in [2.75, 3.05) is 14.2 Å². The average molecular weight is 476 g/mol. The zero-order chi connectivity index (χ0) is 25.2. The highest BCUT2D eigenvalue weighted by Crippen LogP contribution is 2.29. The number of nitrogens with two attached hydrogens (primary N) is 1. The Labute approximate surface area is 208 Å². The van der Waals surface area contributed by atoms with Gasteiger partial charge in [-0.1, -0.05) is 48.5 Å². The second kappa shape index (κ2) is 9.50. The number of para-hydroxylation sites is 1. The minimum atomic E-state index is -0.496. The summed E-state index contributed by atoms with van der Waals surface area (Å²) in [6.45, 7) is 0.337. The summed E-state index contributed by atoms with van der Waals surface area (Å²) in [6.07, 6.45) is 0. The third kappa shape index (κ3) is 4.49. The molecule has 0 aliphatic carbocycles. The number of carbonyl (C=O) groups is 2. The van der Waals surface area contributed by atoms with Crippen LogP contribution in [0.25, 0.3) is 32.9 Å². The van der Waals surface area contributed by atoms with Crippen molar-refractivity contribution in [2.45, 2.75) is 6.54 Å². The quantitative estimate of drug-likeness (QED) is 0.355. The summed E-state index contributed by atoms with van der Waals surface area (Å²) in [5.74, 6) is 0.172. The molecule has 1 heterocycles. The van der Waals surface area contributed by atoms with Crippen molar-refractivity contribution in [3.8, 4) is 17.0 Å². The predicted molar refractivity (Wildman–Crippen MR) is 142 cm³/mol. The molecule has 5 rings (SSSR count). The second-order valence-electron chi connectivity index (χ2n) is 8.73. The Kier molecular flexibility index (Phi) is 6.09. The number of fused-ring (bicyclic) bond motifs is 2. The van der Waals surface area contributed by atoms with Gasteiger partial charge in [-0.25, -0.2) is 4.98 Å². The van der Waals surface area contributed by atoms with E-state index in [0.717, 1.165) is 44.2 Å². The molecule has 5 aromatic rings. The minimum Gasteiger partial charge on any atom is -0.497 e. The lowest BCUT2D eigenvalue weighted by Gasteiger charge is -2.19. The molecule has 1 aromatic heterocycles. The van der Waals surface area contributed by atoms with Gasteiger partial charge in [0.15, 0.2) is 0 Å². The molecule has 0 unspecified atom stereocenters. The van der Waals surface area contributed by atoms with Crippen molar-refractivity contribution in [1.82, 2.24) is 9.88 Å². The summed E-state index contributed by atoms with van der Waals surface area (Å²) < 4.78 is 5.33. The number of primary amides is 1. The highest BCUT2D eigenvalue weighted by atomic mass is 16.5. The Morgan fingerprint density at radius 3 is 2.47 bits per heavy atom. The number of nitrogens with zero attached hydrogens (tertiary/aromatic N) is 2. The number of rotatable bonds is 6. The molecule has 6 heteroatoms. The van der Waals surface area contributed by atoms with E-state index in [9.17, 15) is 9.59 Å². The number of amides is 2. The van der Waals surface area contributed by atoms with Crippen LogP contribution in [0, 0.1) is 0 Å². The number of hydrogen-bond acceptors (Lipinski definition) is 4. The van der Waals surface area contributed by atoms with Crippen molar-refractivity contribution < 1.29 is 14.3 Å². The van der Waals surface area contributed by atoms with Crippen molar-refractivity contribution in [3.63, 3.8) is 0 Å². The summed E-state index contributed by atoms with van der Waals surface area (Å²) in [4.78, 5) is 31.7. The van der Waals surface area contributed by atoms with Gasteiger partial charge in [-0.15, -0.1) is 0 Å². The molecule has 0 spiro atoms. The number of ether oxygens (including phenoxy) is 1. The number of hydrogen-bond donors (Lipinski definition) is 1. The smallest absolute Gasteiger partial charge is 0.254 e. The first-order chi connectivity index (χ1) is 17.4. The average Bonchev–Trinajstić information content (AvgIpc) is 2.91. The summed E-state index contributed by atoms with van der Waals surface area (Å²) in [5, 5.41) is 2.91. The Hall–Kier alpha value is -4.71. The van der Waals surface area contributed by atoms with Crippen LogP contribution in [0.4, 0.5) is 0 Å². The summed E-state index contributed by atoms with van der Waals surface area (Å²) in [7, 11) is 3.40. The van der Waals surface area contributed by atoms with Crippen molar-refractivity contribution in [3.05, 3.63) is 108 Å². The lowest BCUT2D eigenvalue weighted by molar-refractivity contribution is 0.0787. The second-order valence-corrected chi connectivity index (χ2v) is 8.73. The molecule has 2 amide bonds. The fraction of sp³-hybridized carbons (Fsp3) is 0.100. The van der Waals surface area contributed by atoms with E-state index in [2.05, 4.69) is 6.07 Å². The van der Waals surface area contributed by atoms with Crippen LogP contribution in [0.3, 0.4) is 0 Å². The molecule has 6 nitrogen and oxygen atoms in total. The largest absolute Gasteiger partial charge is 0.497 e. The first kappa shape index (κ1) is 23.1. The maximum atomic E-state index is 13.6. The van der Waals surface area contributed by atoms with E-state index in [0.29, 0.717) is 17.7 Å². The third-order valence-electron chi connectivity index (χ3n) is 6.27. The number of methoxy groups -OCH3 is 1. The van der Waals surface area contributed by atoms with E-state index in [1.165, 1.54) is 0 Å². The molecule has 0 atom stereocenters. The standard InChI is InChI=1S/C30H25N3O3/c1-33(18-19-6-5-7-23(14-19)29(31)34)30(35)26-17-28(32-27-9-4-3-8-25(26)27)22-11-10-21-16-24(36-2)13-12-20(21)15-22/h3-17H,18H2,1-2H3,(H2,31,34). The number of aromatic nitrogens is 1. The molecule has 178 valence electrons. The fourth-order valence-corrected chi connectivity index (χ4v) is 4.38. The van der Waals surface area contributed by atoms with Gasteiger partial charge >= 0.3 is 0 Å². The van der Waals surface area contributed by atoms with Crippen molar-refractivity contribution in [2.24, 2.45) is 5.73 Å². The molecule has 0 aliphatic heterocycles. The highest BCUT2D eigenvalue weighted by molar-refractivity contribution is 6.07. The van der Waals surface area contributed by atoms with Gasteiger partial charge in [-0.05, 0) is 58.8 Å². The fourth-order valence-electron chi connectivity index (χ4n) is 4.38. The van der Waals surface area contributed by atoms with Gasteiger partial charge in [0.1, 0.15) is 5.75 Å². The molecule has 4 aromatic carbocycles. The van der Waals surface area contributed by atoms with E-state index >= 15 is 0 Å². The van der Waals surface area contributed by atoms with Gasteiger partial charge in [0.2, 0.25) is 5.91 Å². The lowest BCUT2D eigenvalue weighted by atomic mass is 10.0. The molecule has 0 saturated heterocycles. The van der Waals surface area contributed by atoms with E-state index in [-0.39, 0.29) is 5.91 Å². The molecular weight excluding hydrogens is 450 g/mol. The van der Waals surface area contributed by atoms with E-state index in [4.69, 9.17) is 15.5 Å². The highest BCUT2D eigenvalue weighted by Gasteiger charge is 2.18. The van der Waals surface area contributed by atoms with Crippen LogP contribution in [0.1, 0.15) is 26.3 Å². The van der Waals surface area contributed by atoms with Gasteiger partial charge < -0.3 is 15.4 Å².